The molecule has 4 fully saturated rings. The number of likely N-dealkylation sites (tertiary alicyclic amines) is 1. The Morgan fingerprint density at radius 1 is 1.12 bits per heavy atom. The molecule has 4 aliphatic rings. The van der Waals surface area contributed by atoms with E-state index in [0.717, 1.165) is 18.7 Å². The van der Waals surface area contributed by atoms with Gasteiger partial charge >= 0.3 is 0 Å². The lowest BCUT2D eigenvalue weighted by Crippen LogP contribution is -2.60. The molecule has 5 nitrogen and oxygen atoms in total. The number of phenols is 1. The number of aromatic hydroxyl groups is 1. The molecular formula is C21H23N3O2. The van der Waals surface area contributed by atoms with Crippen LogP contribution in [0, 0.1) is 5.92 Å². The molecule has 0 spiro atoms. The molecule has 0 saturated carbocycles. The zero-order valence-electron chi connectivity index (χ0n) is 14.7. The van der Waals surface area contributed by atoms with Gasteiger partial charge in [-0.3, -0.25) is 14.7 Å². The van der Waals surface area contributed by atoms with Crippen LogP contribution >= 0.6 is 0 Å². The van der Waals surface area contributed by atoms with Crippen LogP contribution in [0.5, 0.6) is 5.75 Å². The van der Waals surface area contributed by atoms with Crippen molar-refractivity contribution in [1.29, 1.82) is 0 Å². The van der Waals surface area contributed by atoms with Crippen molar-refractivity contribution >= 4 is 5.91 Å². The Kier molecular flexibility index (Phi) is 3.71. The minimum atomic E-state index is 0.0875. The Morgan fingerprint density at radius 2 is 1.96 bits per heavy atom. The van der Waals surface area contributed by atoms with Crippen LogP contribution in [-0.4, -0.2) is 57.5 Å². The summed E-state index contributed by atoms with van der Waals surface area (Å²) in [6.07, 6.45) is 5.71. The minimum Gasteiger partial charge on any atom is -0.508 e. The van der Waals surface area contributed by atoms with Gasteiger partial charge in [-0.1, -0.05) is 12.1 Å². The van der Waals surface area contributed by atoms with Crippen molar-refractivity contribution in [2.24, 2.45) is 5.92 Å². The molecule has 1 amide bonds. The number of phenolic OH excluding ortho intramolecular Hbond substituents is 1. The molecule has 0 unspecified atom stereocenters. The number of nitrogens with zero attached hydrogens (tertiary/aromatic N) is 3. The van der Waals surface area contributed by atoms with Gasteiger partial charge in [0, 0.05) is 30.9 Å². The lowest BCUT2D eigenvalue weighted by Gasteiger charge is -2.51. The van der Waals surface area contributed by atoms with Crippen LogP contribution in [0.4, 0.5) is 0 Å². The monoisotopic (exact) mass is 349 g/mol. The predicted octanol–water partition coefficient (Wildman–Crippen LogP) is 2.49. The minimum absolute atomic E-state index is 0.0875. The molecule has 26 heavy (non-hydrogen) atoms. The van der Waals surface area contributed by atoms with Crippen molar-refractivity contribution in [1.82, 2.24) is 14.8 Å². The summed E-state index contributed by atoms with van der Waals surface area (Å²) in [5.74, 6) is 1.21. The summed E-state index contributed by atoms with van der Waals surface area (Å²) in [6.45, 7) is 2.95. The van der Waals surface area contributed by atoms with E-state index in [1.54, 1.807) is 18.5 Å². The molecule has 4 aliphatic heterocycles. The third-order valence-electron chi connectivity index (χ3n) is 6.46. The van der Waals surface area contributed by atoms with E-state index >= 15 is 0 Å². The Hall–Kier alpha value is -2.40. The van der Waals surface area contributed by atoms with E-state index in [2.05, 4.69) is 20.9 Å². The first kappa shape index (κ1) is 15.8. The van der Waals surface area contributed by atoms with Crippen molar-refractivity contribution in [2.75, 3.05) is 19.6 Å². The first-order valence-corrected chi connectivity index (χ1v) is 9.46. The van der Waals surface area contributed by atoms with Gasteiger partial charge in [0.15, 0.2) is 0 Å². The number of hydrogen-bond acceptors (Lipinski definition) is 4. The Morgan fingerprint density at radius 3 is 2.69 bits per heavy atom. The van der Waals surface area contributed by atoms with E-state index in [9.17, 15) is 9.90 Å². The van der Waals surface area contributed by atoms with Crippen LogP contribution in [0.3, 0.4) is 0 Å². The van der Waals surface area contributed by atoms with Gasteiger partial charge in [0.2, 0.25) is 0 Å². The van der Waals surface area contributed by atoms with Gasteiger partial charge in [-0.2, -0.15) is 0 Å². The zero-order chi connectivity index (χ0) is 17.7. The quantitative estimate of drug-likeness (QED) is 0.905. The number of pyridine rings is 1. The Labute approximate surface area is 153 Å². The molecule has 4 saturated heterocycles. The number of aromatic nitrogens is 1. The van der Waals surface area contributed by atoms with E-state index < -0.39 is 0 Å². The standard InChI is InChI=1S/C21H23N3O2/c25-17-5-1-3-15(11-17)18-13-24(21(26)16-4-2-8-22-12-16)19-14-6-9-23(10-7-14)20(18)19/h1-5,8,11-12,14,18-20,25H,6-7,9-10,13H2/t18-,19+,20+/m0/s1. The summed E-state index contributed by atoms with van der Waals surface area (Å²) in [7, 11) is 0. The molecule has 5 heteroatoms. The second-order valence-electron chi connectivity index (χ2n) is 7.76. The van der Waals surface area contributed by atoms with Gasteiger partial charge in [-0.15, -0.1) is 0 Å². The third-order valence-corrected chi connectivity index (χ3v) is 6.46. The van der Waals surface area contributed by atoms with Crippen molar-refractivity contribution < 1.29 is 9.90 Å². The van der Waals surface area contributed by atoms with Crippen LogP contribution in [0.15, 0.2) is 48.8 Å². The Balaban J connectivity index is 1.54. The molecule has 0 aliphatic carbocycles. The van der Waals surface area contributed by atoms with Gasteiger partial charge in [0.1, 0.15) is 5.75 Å². The van der Waals surface area contributed by atoms with Gasteiger partial charge < -0.3 is 10.0 Å². The number of fused-ring (bicyclic) bond motifs is 2. The number of rotatable bonds is 2. The molecule has 1 aromatic carbocycles. The molecule has 6 rings (SSSR count). The summed E-state index contributed by atoms with van der Waals surface area (Å²) in [5.41, 5.74) is 1.80. The summed E-state index contributed by atoms with van der Waals surface area (Å²) >= 11 is 0. The molecule has 3 atom stereocenters. The van der Waals surface area contributed by atoms with Gasteiger partial charge in [-0.05, 0) is 61.7 Å². The molecule has 2 bridgehead atoms. The highest BCUT2D eigenvalue weighted by atomic mass is 16.3. The lowest BCUT2D eigenvalue weighted by molar-refractivity contribution is -0.00342. The summed E-state index contributed by atoms with van der Waals surface area (Å²) in [6, 6.07) is 11.9. The summed E-state index contributed by atoms with van der Waals surface area (Å²) < 4.78 is 0. The number of carbonyl (C=O) groups is 1. The molecule has 2 aromatic rings. The number of carbonyl (C=O) groups excluding carboxylic acids is 1. The summed E-state index contributed by atoms with van der Waals surface area (Å²) in [5, 5.41) is 9.95. The normalized spacial score (nSPS) is 32.5. The predicted molar refractivity (Wildman–Crippen MR) is 98.0 cm³/mol. The SMILES string of the molecule is O=C(c1cccnc1)N1C[C@@H](c2cccc(O)c2)[C@@H]2[C@H]1C1CCN2CC1. The van der Waals surface area contributed by atoms with Gasteiger partial charge in [0.25, 0.3) is 5.91 Å². The number of amides is 1. The molecule has 1 aromatic heterocycles. The molecule has 1 N–H and O–H groups in total. The highest BCUT2D eigenvalue weighted by molar-refractivity contribution is 5.94. The maximum Gasteiger partial charge on any atom is 0.255 e. The van der Waals surface area contributed by atoms with E-state index in [-0.39, 0.29) is 17.9 Å². The van der Waals surface area contributed by atoms with Crippen LogP contribution in [0.2, 0.25) is 0 Å². The second kappa shape index (κ2) is 6.09. The first-order chi connectivity index (χ1) is 12.7. The highest BCUT2D eigenvalue weighted by Crippen LogP contribution is 2.47. The smallest absolute Gasteiger partial charge is 0.255 e. The number of hydrogen-bond donors (Lipinski definition) is 1. The second-order valence-corrected chi connectivity index (χ2v) is 7.76. The fraction of sp³-hybridized carbons (Fsp3) is 0.429. The fourth-order valence-electron chi connectivity index (χ4n) is 5.36. The van der Waals surface area contributed by atoms with E-state index in [0.29, 0.717) is 29.8 Å². The van der Waals surface area contributed by atoms with Crippen molar-refractivity contribution in [3.8, 4) is 5.75 Å². The van der Waals surface area contributed by atoms with Crippen molar-refractivity contribution in [3.05, 3.63) is 59.9 Å². The van der Waals surface area contributed by atoms with Crippen molar-refractivity contribution in [2.45, 2.75) is 30.8 Å². The first-order valence-electron chi connectivity index (χ1n) is 9.46. The van der Waals surface area contributed by atoms with Gasteiger partial charge in [0.05, 0.1) is 11.6 Å². The topological polar surface area (TPSA) is 56.7 Å². The maximum absolute atomic E-state index is 13.2. The fourth-order valence-corrected chi connectivity index (χ4v) is 5.36. The average molecular weight is 349 g/mol. The number of benzene rings is 1. The molecule has 5 heterocycles. The molecule has 134 valence electrons. The van der Waals surface area contributed by atoms with Crippen molar-refractivity contribution in [3.63, 3.8) is 0 Å². The summed E-state index contributed by atoms with van der Waals surface area (Å²) in [4.78, 5) is 22.0. The van der Waals surface area contributed by atoms with Crippen LogP contribution < -0.4 is 0 Å². The van der Waals surface area contributed by atoms with Crippen LogP contribution in [0.1, 0.15) is 34.7 Å². The molecular weight excluding hydrogens is 326 g/mol. The lowest BCUT2D eigenvalue weighted by atomic mass is 9.75. The zero-order valence-corrected chi connectivity index (χ0v) is 14.7. The van der Waals surface area contributed by atoms with E-state index in [1.165, 1.54) is 12.8 Å². The van der Waals surface area contributed by atoms with E-state index in [1.807, 2.05) is 24.3 Å². The average Bonchev–Trinajstić information content (AvgIpc) is 3.12. The van der Waals surface area contributed by atoms with Crippen LogP contribution in [0.25, 0.3) is 0 Å². The maximum atomic E-state index is 13.2. The third kappa shape index (κ3) is 2.42. The highest BCUT2D eigenvalue weighted by Gasteiger charge is 2.54. The van der Waals surface area contributed by atoms with Gasteiger partial charge in [-0.25, -0.2) is 0 Å². The largest absolute Gasteiger partial charge is 0.508 e. The van der Waals surface area contributed by atoms with Crippen LogP contribution in [-0.2, 0) is 0 Å². The van der Waals surface area contributed by atoms with E-state index in [4.69, 9.17) is 0 Å². The molecule has 0 radical (unpaired) electrons. The number of piperidine rings is 3. The Bertz CT molecular complexity index is 817.